The fourth-order valence-corrected chi connectivity index (χ4v) is 1.41. The minimum Gasteiger partial charge on any atom is -0.387 e. The van der Waals surface area contributed by atoms with Gasteiger partial charge in [-0.15, -0.1) is 11.6 Å². The van der Waals surface area contributed by atoms with Crippen LogP contribution in [-0.2, 0) is 0 Å². The Balaban J connectivity index is 3.18. The van der Waals surface area contributed by atoms with Gasteiger partial charge in [0, 0.05) is 5.56 Å². The highest BCUT2D eigenvalue weighted by atomic mass is 79.9. The highest BCUT2D eigenvalue weighted by Crippen LogP contribution is 2.26. The Bertz CT molecular complexity index is 319. The lowest BCUT2D eigenvalue weighted by atomic mass is 10.1. The fourth-order valence-electron chi connectivity index (χ4n) is 0.881. The van der Waals surface area contributed by atoms with Crippen molar-refractivity contribution in [3.8, 4) is 0 Å². The minimum atomic E-state index is -1.11. The highest BCUT2D eigenvalue weighted by Gasteiger charge is 2.16. The second-order valence-electron chi connectivity index (χ2n) is 2.43. The molecule has 0 radical (unpaired) electrons. The van der Waals surface area contributed by atoms with E-state index in [0.29, 0.717) is 0 Å². The third-order valence-electron chi connectivity index (χ3n) is 1.57. The molecule has 0 saturated carbocycles. The lowest BCUT2D eigenvalue weighted by Crippen LogP contribution is -2.03. The van der Waals surface area contributed by atoms with E-state index in [1.165, 1.54) is 6.07 Å². The number of hydrogen-bond acceptors (Lipinski definition) is 1. The zero-order valence-corrected chi connectivity index (χ0v) is 8.74. The first-order valence-electron chi connectivity index (χ1n) is 3.45. The summed E-state index contributed by atoms with van der Waals surface area (Å²) in [5.41, 5.74) is -0.0109. The molecule has 0 saturated heterocycles. The summed E-state index contributed by atoms with van der Waals surface area (Å²) in [5.74, 6) is -1.65. The minimum absolute atomic E-state index is 0.0109. The van der Waals surface area contributed by atoms with Gasteiger partial charge >= 0.3 is 0 Å². The monoisotopic (exact) mass is 270 g/mol. The maximum atomic E-state index is 13.2. The van der Waals surface area contributed by atoms with Gasteiger partial charge in [-0.3, -0.25) is 0 Å². The van der Waals surface area contributed by atoms with E-state index in [1.54, 1.807) is 0 Å². The van der Waals surface area contributed by atoms with Crippen molar-refractivity contribution >= 4 is 27.5 Å². The van der Waals surface area contributed by atoms with Gasteiger partial charge < -0.3 is 5.11 Å². The van der Waals surface area contributed by atoms with Crippen molar-refractivity contribution in [2.45, 2.75) is 6.10 Å². The van der Waals surface area contributed by atoms with Crippen LogP contribution in [-0.4, -0.2) is 11.0 Å². The first-order chi connectivity index (χ1) is 6.07. The quantitative estimate of drug-likeness (QED) is 0.647. The molecular formula is C8H6BrClF2O. The van der Waals surface area contributed by atoms with Gasteiger partial charge in [0.05, 0.1) is 16.5 Å². The Kier molecular flexibility index (Phi) is 3.64. The molecule has 0 spiro atoms. The summed E-state index contributed by atoms with van der Waals surface area (Å²) in [7, 11) is 0. The van der Waals surface area contributed by atoms with Gasteiger partial charge in [-0.25, -0.2) is 8.78 Å². The zero-order valence-electron chi connectivity index (χ0n) is 6.40. The van der Waals surface area contributed by atoms with Gasteiger partial charge in [-0.2, -0.15) is 0 Å². The van der Waals surface area contributed by atoms with Crippen LogP contribution in [0.15, 0.2) is 16.6 Å². The largest absolute Gasteiger partial charge is 0.387 e. The molecule has 1 aromatic rings. The van der Waals surface area contributed by atoms with Gasteiger partial charge in [0.15, 0.2) is 0 Å². The van der Waals surface area contributed by atoms with Crippen LogP contribution in [0.5, 0.6) is 0 Å². The Morgan fingerprint density at radius 2 is 2.08 bits per heavy atom. The molecule has 0 bridgehead atoms. The number of rotatable bonds is 2. The van der Waals surface area contributed by atoms with Crippen molar-refractivity contribution < 1.29 is 13.9 Å². The molecule has 0 unspecified atom stereocenters. The first kappa shape index (κ1) is 10.9. The van der Waals surface area contributed by atoms with Crippen LogP contribution in [0.2, 0.25) is 0 Å². The summed E-state index contributed by atoms with van der Waals surface area (Å²) in [5, 5.41) is 9.21. The summed E-state index contributed by atoms with van der Waals surface area (Å²) in [4.78, 5) is 0. The predicted octanol–water partition coefficient (Wildman–Crippen LogP) is 3.00. The van der Waals surface area contributed by atoms with Crippen molar-refractivity contribution in [2.75, 3.05) is 5.88 Å². The molecule has 0 aliphatic heterocycles. The zero-order chi connectivity index (χ0) is 10.0. The SMILES string of the molecule is O[C@@H](CCl)c1ccc(F)c(Br)c1F. The van der Waals surface area contributed by atoms with Crippen molar-refractivity contribution in [3.05, 3.63) is 33.8 Å². The van der Waals surface area contributed by atoms with E-state index in [1.807, 2.05) is 0 Å². The molecule has 0 aromatic heterocycles. The van der Waals surface area contributed by atoms with Crippen molar-refractivity contribution in [1.29, 1.82) is 0 Å². The molecule has 1 aromatic carbocycles. The molecule has 0 fully saturated rings. The van der Waals surface area contributed by atoms with Crippen LogP contribution >= 0.6 is 27.5 Å². The summed E-state index contributed by atoms with van der Waals surface area (Å²) in [6.07, 6.45) is -1.11. The molecule has 1 atom stereocenters. The molecule has 1 N–H and O–H groups in total. The standard InChI is InChI=1S/C8H6BrClF2O/c9-7-5(11)2-1-4(8(7)12)6(13)3-10/h1-2,6,13H,3H2/t6-/m0/s1. The molecule has 72 valence electrons. The summed E-state index contributed by atoms with van der Waals surface area (Å²) in [6.45, 7) is 0. The first-order valence-corrected chi connectivity index (χ1v) is 4.78. The van der Waals surface area contributed by atoms with Crippen molar-refractivity contribution in [2.24, 2.45) is 0 Å². The Labute approximate surface area is 87.5 Å². The fraction of sp³-hybridized carbons (Fsp3) is 0.250. The topological polar surface area (TPSA) is 20.2 Å². The van der Waals surface area contributed by atoms with E-state index < -0.39 is 17.7 Å². The van der Waals surface area contributed by atoms with Crippen LogP contribution in [0.4, 0.5) is 8.78 Å². The average molecular weight is 271 g/mol. The molecule has 1 nitrogen and oxygen atoms in total. The molecule has 0 aliphatic carbocycles. The predicted molar refractivity (Wildman–Crippen MR) is 49.7 cm³/mol. The number of alkyl halides is 1. The van der Waals surface area contributed by atoms with E-state index in [9.17, 15) is 13.9 Å². The van der Waals surface area contributed by atoms with Gasteiger partial charge in [0.1, 0.15) is 11.6 Å². The molecular weight excluding hydrogens is 265 g/mol. The number of halogens is 4. The van der Waals surface area contributed by atoms with Gasteiger partial charge in [0.25, 0.3) is 0 Å². The lowest BCUT2D eigenvalue weighted by Gasteiger charge is -2.09. The van der Waals surface area contributed by atoms with Gasteiger partial charge in [-0.1, -0.05) is 6.07 Å². The van der Waals surface area contributed by atoms with Crippen LogP contribution in [0.3, 0.4) is 0 Å². The number of benzene rings is 1. The van der Waals surface area contributed by atoms with E-state index >= 15 is 0 Å². The van der Waals surface area contributed by atoms with Crippen molar-refractivity contribution in [1.82, 2.24) is 0 Å². The maximum Gasteiger partial charge on any atom is 0.146 e. The second kappa shape index (κ2) is 4.35. The normalized spacial score (nSPS) is 13.0. The van der Waals surface area contributed by atoms with E-state index in [0.717, 1.165) is 6.07 Å². The molecule has 0 aliphatic rings. The van der Waals surface area contributed by atoms with Crippen LogP contribution in [0, 0.1) is 11.6 Å². The van der Waals surface area contributed by atoms with E-state index in [4.69, 9.17) is 11.6 Å². The lowest BCUT2D eigenvalue weighted by molar-refractivity contribution is 0.197. The Morgan fingerprint density at radius 3 is 2.62 bits per heavy atom. The summed E-state index contributed by atoms with van der Waals surface area (Å²) >= 11 is 8.05. The molecule has 1 rings (SSSR count). The van der Waals surface area contributed by atoms with Crippen LogP contribution in [0.25, 0.3) is 0 Å². The number of hydrogen-bond donors (Lipinski definition) is 1. The van der Waals surface area contributed by atoms with Gasteiger partial charge in [0.2, 0.25) is 0 Å². The summed E-state index contributed by atoms with van der Waals surface area (Å²) in [6, 6.07) is 2.24. The molecule has 5 heteroatoms. The van der Waals surface area contributed by atoms with E-state index in [2.05, 4.69) is 15.9 Å². The smallest absolute Gasteiger partial charge is 0.146 e. The van der Waals surface area contributed by atoms with Crippen LogP contribution < -0.4 is 0 Å². The van der Waals surface area contributed by atoms with Crippen LogP contribution in [0.1, 0.15) is 11.7 Å². The third kappa shape index (κ3) is 2.18. The highest BCUT2D eigenvalue weighted by molar-refractivity contribution is 9.10. The third-order valence-corrected chi connectivity index (χ3v) is 2.59. The Hall–Kier alpha value is -0.190. The Morgan fingerprint density at radius 1 is 1.46 bits per heavy atom. The average Bonchev–Trinajstić information content (AvgIpc) is 2.13. The number of aliphatic hydroxyl groups excluding tert-OH is 1. The second-order valence-corrected chi connectivity index (χ2v) is 3.54. The molecule has 0 heterocycles. The van der Waals surface area contributed by atoms with Crippen molar-refractivity contribution in [3.63, 3.8) is 0 Å². The molecule has 0 amide bonds. The number of aliphatic hydroxyl groups is 1. The maximum absolute atomic E-state index is 13.2. The van der Waals surface area contributed by atoms with Gasteiger partial charge in [-0.05, 0) is 22.0 Å². The molecule has 13 heavy (non-hydrogen) atoms. The van der Waals surface area contributed by atoms with E-state index in [-0.39, 0.29) is 15.9 Å². The summed E-state index contributed by atoms with van der Waals surface area (Å²) < 4.78 is 25.6.